The number of aromatic nitrogens is 2. The first-order valence-corrected chi connectivity index (χ1v) is 9.00. The lowest BCUT2D eigenvalue weighted by Gasteiger charge is -2.13. The molecule has 0 saturated heterocycles. The van der Waals surface area contributed by atoms with Crippen molar-refractivity contribution in [3.63, 3.8) is 0 Å². The summed E-state index contributed by atoms with van der Waals surface area (Å²) < 4.78 is 2.28. The van der Waals surface area contributed by atoms with Crippen LogP contribution in [0.1, 0.15) is 22.3 Å². The number of nitrogens with zero attached hydrogens (tertiary/aromatic N) is 2. The van der Waals surface area contributed by atoms with Gasteiger partial charge in [-0.3, -0.25) is 0 Å². The van der Waals surface area contributed by atoms with E-state index in [4.69, 9.17) is 4.98 Å². The predicted octanol–water partition coefficient (Wildman–Crippen LogP) is 5.31. The van der Waals surface area contributed by atoms with Gasteiger partial charge in [0, 0.05) is 6.54 Å². The Balaban J connectivity index is 1.70. The molecule has 0 saturated carbocycles. The summed E-state index contributed by atoms with van der Waals surface area (Å²) >= 11 is 0. The smallest absolute Gasteiger partial charge is 0.204 e. The molecule has 0 atom stereocenters. The minimum atomic E-state index is 0.761. The summed E-state index contributed by atoms with van der Waals surface area (Å²) in [7, 11) is 0. The second kappa shape index (κ2) is 7.04. The van der Waals surface area contributed by atoms with Gasteiger partial charge in [0.25, 0.3) is 0 Å². The van der Waals surface area contributed by atoms with Crippen LogP contribution in [0.15, 0.2) is 72.8 Å². The van der Waals surface area contributed by atoms with E-state index in [1.54, 1.807) is 0 Å². The van der Waals surface area contributed by atoms with Crippen LogP contribution in [-0.4, -0.2) is 9.55 Å². The monoisotopic (exact) mass is 341 g/mol. The van der Waals surface area contributed by atoms with Gasteiger partial charge in [-0.2, -0.15) is 0 Å². The first kappa shape index (κ1) is 16.4. The molecule has 26 heavy (non-hydrogen) atoms. The SMILES string of the molecule is Cc1ccc(C)c(Cn2c(NCc3ccccc3)nc3ccccc32)c1. The summed E-state index contributed by atoms with van der Waals surface area (Å²) in [4.78, 5) is 4.83. The molecule has 4 rings (SSSR count). The zero-order valence-electron chi connectivity index (χ0n) is 15.2. The van der Waals surface area contributed by atoms with Gasteiger partial charge in [-0.25, -0.2) is 4.98 Å². The number of hydrogen-bond acceptors (Lipinski definition) is 2. The quantitative estimate of drug-likeness (QED) is 0.533. The van der Waals surface area contributed by atoms with E-state index in [0.717, 1.165) is 30.1 Å². The highest BCUT2D eigenvalue weighted by Gasteiger charge is 2.12. The molecule has 0 fully saturated rings. The zero-order chi connectivity index (χ0) is 17.9. The highest BCUT2D eigenvalue weighted by Crippen LogP contribution is 2.23. The maximum Gasteiger partial charge on any atom is 0.204 e. The molecule has 0 radical (unpaired) electrons. The van der Waals surface area contributed by atoms with Crippen molar-refractivity contribution in [3.05, 3.63) is 95.1 Å². The van der Waals surface area contributed by atoms with E-state index in [0.29, 0.717) is 0 Å². The maximum absolute atomic E-state index is 4.83. The first-order valence-electron chi connectivity index (χ1n) is 9.00. The van der Waals surface area contributed by atoms with E-state index in [-0.39, 0.29) is 0 Å². The van der Waals surface area contributed by atoms with E-state index in [1.807, 2.05) is 12.1 Å². The van der Waals surface area contributed by atoms with Crippen LogP contribution in [0, 0.1) is 13.8 Å². The third-order valence-electron chi connectivity index (χ3n) is 4.78. The van der Waals surface area contributed by atoms with Crippen LogP contribution in [0.25, 0.3) is 11.0 Å². The Morgan fingerprint density at radius 2 is 1.65 bits per heavy atom. The number of hydrogen-bond donors (Lipinski definition) is 1. The molecular weight excluding hydrogens is 318 g/mol. The number of para-hydroxylation sites is 2. The molecule has 4 aromatic rings. The molecule has 130 valence electrons. The second-order valence-electron chi connectivity index (χ2n) is 6.78. The fourth-order valence-corrected chi connectivity index (χ4v) is 3.29. The van der Waals surface area contributed by atoms with Crippen molar-refractivity contribution >= 4 is 17.0 Å². The molecule has 0 aliphatic carbocycles. The fraction of sp³-hybridized carbons (Fsp3) is 0.174. The number of aryl methyl sites for hydroxylation is 2. The van der Waals surface area contributed by atoms with E-state index in [2.05, 4.69) is 84.4 Å². The number of imidazole rings is 1. The van der Waals surface area contributed by atoms with E-state index >= 15 is 0 Å². The van der Waals surface area contributed by atoms with E-state index < -0.39 is 0 Å². The molecule has 3 nitrogen and oxygen atoms in total. The van der Waals surface area contributed by atoms with Gasteiger partial charge in [-0.15, -0.1) is 0 Å². The molecule has 0 unspecified atom stereocenters. The van der Waals surface area contributed by atoms with Crippen molar-refractivity contribution in [3.8, 4) is 0 Å². The van der Waals surface area contributed by atoms with Crippen molar-refractivity contribution in [1.29, 1.82) is 0 Å². The second-order valence-corrected chi connectivity index (χ2v) is 6.78. The lowest BCUT2D eigenvalue weighted by molar-refractivity contribution is 0.816. The summed E-state index contributed by atoms with van der Waals surface area (Å²) in [6.07, 6.45) is 0. The van der Waals surface area contributed by atoms with Gasteiger partial charge in [0.1, 0.15) is 0 Å². The molecule has 0 amide bonds. The maximum atomic E-state index is 4.83. The Kier molecular flexibility index (Phi) is 4.44. The van der Waals surface area contributed by atoms with Gasteiger partial charge in [0.05, 0.1) is 17.6 Å². The van der Waals surface area contributed by atoms with Crippen LogP contribution in [0.4, 0.5) is 5.95 Å². The average molecular weight is 341 g/mol. The van der Waals surface area contributed by atoms with Crippen LogP contribution < -0.4 is 5.32 Å². The van der Waals surface area contributed by atoms with Crippen molar-refractivity contribution in [2.24, 2.45) is 0 Å². The Hall–Kier alpha value is -3.07. The van der Waals surface area contributed by atoms with Gasteiger partial charge in [0.2, 0.25) is 5.95 Å². The van der Waals surface area contributed by atoms with Crippen molar-refractivity contribution in [2.75, 3.05) is 5.32 Å². The van der Waals surface area contributed by atoms with Crippen molar-refractivity contribution in [2.45, 2.75) is 26.9 Å². The molecule has 1 aromatic heterocycles. The van der Waals surface area contributed by atoms with Crippen LogP contribution in [0.3, 0.4) is 0 Å². The molecule has 1 heterocycles. The van der Waals surface area contributed by atoms with Crippen molar-refractivity contribution in [1.82, 2.24) is 9.55 Å². The molecule has 1 N–H and O–H groups in total. The van der Waals surface area contributed by atoms with Gasteiger partial charge in [-0.1, -0.05) is 66.2 Å². The molecule has 0 aliphatic rings. The Bertz CT molecular complexity index is 1030. The van der Waals surface area contributed by atoms with Gasteiger partial charge in [-0.05, 0) is 42.7 Å². The number of nitrogens with one attached hydrogen (secondary N) is 1. The van der Waals surface area contributed by atoms with Crippen molar-refractivity contribution < 1.29 is 0 Å². The molecule has 0 bridgehead atoms. The van der Waals surface area contributed by atoms with E-state index in [9.17, 15) is 0 Å². The molecule has 3 aromatic carbocycles. The molecule has 0 aliphatic heterocycles. The third-order valence-corrected chi connectivity index (χ3v) is 4.78. The van der Waals surface area contributed by atoms with Crippen LogP contribution in [0.5, 0.6) is 0 Å². The average Bonchev–Trinajstić information content (AvgIpc) is 3.01. The van der Waals surface area contributed by atoms with Gasteiger partial charge >= 0.3 is 0 Å². The summed E-state index contributed by atoms with van der Waals surface area (Å²) in [6, 6.07) is 25.4. The largest absolute Gasteiger partial charge is 0.352 e. The highest BCUT2D eigenvalue weighted by atomic mass is 15.2. The minimum absolute atomic E-state index is 0.761. The number of anilines is 1. The molecule has 0 spiro atoms. The van der Waals surface area contributed by atoms with E-state index in [1.165, 1.54) is 22.3 Å². The number of rotatable bonds is 5. The summed E-state index contributed by atoms with van der Waals surface area (Å²) in [6.45, 7) is 5.89. The first-order chi connectivity index (χ1) is 12.7. The lowest BCUT2D eigenvalue weighted by Crippen LogP contribution is -2.09. The normalized spacial score (nSPS) is 11.0. The van der Waals surface area contributed by atoms with Crippen LogP contribution in [-0.2, 0) is 13.1 Å². The van der Waals surface area contributed by atoms with Crippen LogP contribution in [0.2, 0.25) is 0 Å². The topological polar surface area (TPSA) is 29.9 Å². The zero-order valence-corrected chi connectivity index (χ0v) is 15.2. The molecular formula is C23H23N3. The third kappa shape index (κ3) is 3.33. The number of benzene rings is 3. The summed E-state index contributed by atoms with van der Waals surface area (Å²) in [5.74, 6) is 0.913. The Morgan fingerprint density at radius 1 is 0.885 bits per heavy atom. The lowest BCUT2D eigenvalue weighted by atomic mass is 10.1. The minimum Gasteiger partial charge on any atom is -0.352 e. The Morgan fingerprint density at radius 3 is 2.50 bits per heavy atom. The summed E-state index contributed by atoms with van der Waals surface area (Å²) in [5.41, 5.74) is 7.35. The molecule has 3 heteroatoms. The highest BCUT2D eigenvalue weighted by molar-refractivity contribution is 5.78. The Labute approximate surface area is 154 Å². The van der Waals surface area contributed by atoms with Gasteiger partial charge < -0.3 is 9.88 Å². The van der Waals surface area contributed by atoms with Gasteiger partial charge in [0.15, 0.2) is 0 Å². The number of fused-ring (bicyclic) bond motifs is 1. The summed E-state index contributed by atoms with van der Waals surface area (Å²) in [5, 5.41) is 3.53. The fourth-order valence-electron chi connectivity index (χ4n) is 3.29. The predicted molar refractivity (Wildman–Crippen MR) is 109 cm³/mol. The van der Waals surface area contributed by atoms with Crippen LogP contribution >= 0.6 is 0 Å². The standard InChI is InChI=1S/C23H23N3/c1-17-12-13-18(2)20(14-17)16-26-22-11-7-6-10-21(22)25-23(26)24-15-19-8-4-3-5-9-19/h3-14H,15-16H2,1-2H3,(H,24,25).